The summed E-state index contributed by atoms with van der Waals surface area (Å²) in [5.41, 5.74) is 5.29. The van der Waals surface area contributed by atoms with Crippen LogP contribution in [-0.2, 0) is 16.1 Å². The van der Waals surface area contributed by atoms with Gasteiger partial charge in [-0.25, -0.2) is 14.0 Å². The summed E-state index contributed by atoms with van der Waals surface area (Å²) >= 11 is 5.65. The molecule has 14 heteroatoms. The number of aliphatic hydroxyl groups excluding tert-OH is 1. The highest BCUT2D eigenvalue weighted by molar-refractivity contribution is 14.1. The van der Waals surface area contributed by atoms with Gasteiger partial charge < -0.3 is 34.7 Å². The maximum absolute atomic E-state index is 13.5. The van der Waals surface area contributed by atoms with E-state index in [1.165, 1.54) is 25.5 Å². The minimum Gasteiger partial charge on any atom is -0.490 e. The van der Waals surface area contributed by atoms with Gasteiger partial charge >= 0.3 is 12.0 Å². The molecule has 11 nitrogen and oxygen atoms in total. The number of nitrogens with one attached hydrogen (secondary N) is 3. The summed E-state index contributed by atoms with van der Waals surface area (Å²) < 4.78 is 37.3. The van der Waals surface area contributed by atoms with Gasteiger partial charge in [-0.1, -0.05) is 18.2 Å². The number of nitrogens with zero attached hydrogens (tertiary/aromatic N) is 1. The van der Waals surface area contributed by atoms with E-state index >= 15 is 0 Å². The van der Waals surface area contributed by atoms with Crippen molar-refractivity contribution in [1.29, 1.82) is 0 Å². The minimum atomic E-state index is -1.16. The summed E-state index contributed by atoms with van der Waals surface area (Å²) in [6.45, 7) is 3.80. The van der Waals surface area contributed by atoms with Crippen LogP contribution in [0.15, 0.2) is 75.4 Å². The van der Waals surface area contributed by atoms with Crippen molar-refractivity contribution in [2.24, 2.45) is 5.10 Å². The molecule has 0 aromatic heterocycles. The van der Waals surface area contributed by atoms with Crippen molar-refractivity contribution in [3.63, 3.8) is 0 Å². The molecule has 3 aromatic rings. The topological polar surface area (TPSA) is 140 Å². The second-order valence-corrected chi connectivity index (χ2v) is 11.7. The van der Waals surface area contributed by atoms with E-state index in [1.807, 2.05) is 6.07 Å². The first kappa shape index (κ1) is 34.0. The summed E-state index contributed by atoms with van der Waals surface area (Å²) in [6, 6.07) is 13.6. The predicted molar refractivity (Wildman–Crippen MR) is 177 cm³/mol. The zero-order chi connectivity index (χ0) is 32.5. The number of benzene rings is 3. The van der Waals surface area contributed by atoms with E-state index in [-0.39, 0.29) is 24.6 Å². The Kier molecular flexibility index (Phi) is 12.0. The van der Waals surface area contributed by atoms with Crippen molar-refractivity contribution in [3.8, 4) is 17.2 Å². The molecule has 0 aliphatic carbocycles. The van der Waals surface area contributed by atoms with E-state index in [4.69, 9.17) is 18.9 Å². The van der Waals surface area contributed by atoms with Crippen LogP contribution in [0.1, 0.15) is 36.6 Å². The normalized spacial score (nSPS) is 15.3. The molecule has 0 bridgehead atoms. The monoisotopic (exact) mass is 796 g/mol. The van der Waals surface area contributed by atoms with Crippen LogP contribution in [0, 0.1) is 9.39 Å². The number of allylic oxidation sites excluding steroid dienone is 1. The molecule has 0 unspecified atom stereocenters. The summed E-state index contributed by atoms with van der Waals surface area (Å²) in [5.74, 6) is 0.421. The molecule has 0 spiro atoms. The SMILES string of the molecule is CCOc1cc([C@@H]2NC(=O)NC(C)=C2C(=O)OC)ccc1OC[C@H](O)N/N=C\c1cc(Br)c(OCc2cccc(F)c2)c(I)c1. The van der Waals surface area contributed by atoms with E-state index in [2.05, 4.69) is 59.7 Å². The summed E-state index contributed by atoms with van der Waals surface area (Å²) in [7, 11) is 1.27. The molecular formula is C31H31BrFIN4O7. The average Bonchev–Trinajstić information content (AvgIpc) is 2.99. The Balaban J connectivity index is 1.37. The third kappa shape index (κ3) is 9.08. The number of aliphatic hydroxyl groups is 1. The number of amides is 2. The van der Waals surface area contributed by atoms with Gasteiger partial charge in [-0.3, -0.25) is 5.43 Å². The Hall–Kier alpha value is -3.89. The van der Waals surface area contributed by atoms with Crippen molar-refractivity contribution in [3.05, 3.63) is 96.4 Å². The molecule has 238 valence electrons. The quantitative estimate of drug-likeness (QED) is 0.0602. The number of ether oxygens (including phenoxy) is 4. The highest BCUT2D eigenvalue weighted by Gasteiger charge is 2.32. The third-order valence-electron chi connectivity index (χ3n) is 6.40. The minimum absolute atomic E-state index is 0.165. The fraction of sp³-hybridized carbons (Fsp3) is 0.258. The van der Waals surface area contributed by atoms with Crippen molar-refractivity contribution in [2.45, 2.75) is 32.7 Å². The van der Waals surface area contributed by atoms with Crippen molar-refractivity contribution < 1.29 is 38.0 Å². The molecule has 0 saturated carbocycles. The van der Waals surface area contributed by atoms with Crippen LogP contribution in [0.4, 0.5) is 9.18 Å². The van der Waals surface area contributed by atoms with Gasteiger partial charge in [0.05, 0.1) is 39.6 Å². The second-order valence-electron chi connectivity index (χ2n) is 9.65. The number of hydrogen-bond donors (Lipinski definition) is 4. The third-order valence-corrected chi connectivity index (χ3v) is 7.79. The van der Waals surface area contributed by atoms with Gasteiger partial charge in [-0.2, -0.15) is 5.10 Å². The van der Waals surface area contributed by atoms with Crippen molar-refractivity contribution >= 4 is 56.7 Å². The first-order valence-corrected chi connectivity index (χ1v) is 15.6. The summed E-state index contributed by atoms with van der Waals surface area (Å²) in [5, 5.41) is 19.9. The molecule has 4 N–H and O–H groups in total. The lowest BCUT2D eigenvalue weighted by Crippen LogP contribution is -2.45. The summed E-state index contributed by atoms with van der Waals surface area (Å²) in [4.78, 5) is 24.6. The van der Waals surface area contributed by atoms with Crippen LogP contribution in [0.25, 0.3) is 0 Å². The first-order valence-electron chi connectivity index (χ1n) is 13.7. The highest BCUT2D eigenvalue weighted by atomic mass is 127. The van der Waals surface area contributed by atoms with Crippen molar-refractivity contribution in [2.75, 3.05) is 20.3 Å². The van der Waals surface area contributed by atoms with E-state index < -0.39 is 24.3 Å². The Labute approximate surface area is 281 Å². The molecule has 1 aliphatic rings. The number of methoxy groups -OCH3 is 1. The fourth-order valence-corrected chi connectivity index (χ4v) is 6.16. The van der Waals surface area contributed by atoms with Crippen LogP contribution in [0.5, 0.6) is 17.2 Å². The molecule has 0 saturated heterocycles. The molecule has 2 amide bonds. The van der Waals surface area contributed by atoms with Gasteiger partial charge in [0, 0.05) is 5.70 Å². The highest BCUT2D eigenvalue weighted by Crippen LogP contribution is 2.35. The smallest absolute Gasteiger partial charge is 0.337 e. The molecule has 3 aromatic carbocycles. The Morgan fingerprint density at radius 2 is 1.98 bits per heavy atom. The molecule has 0 fully saturated rings. The number of hydrazone groups is 1. The number of carbonyl (C=O) groups is 2. The van der Waals surface area contributed by atoms with Crippen LogP contribution in [0.3, 0.4) is 0 Å². The number of carbonyl (C=O) groups excluding carboxylic acids is 2. The maximum atomic E-state index is 13.5. The van der Waals surface area contributed by atoms with Gasteiger partial charge in [-0.05, 0) is 105 Å². The van der Waals surface area contributed by atoms with Crippen LogP contribution in [0.2, 0.25) is 0 Å². The number of esters is 1. The number of halogens is 3. The molecule has 1 aliphatic heterocycles. The molecule has 1 heterocycles. The lowest BCUT2D eigenvalue weighted by Gasteiger charge is -2.28. The predicted octanol–water partition coefficient (Wildman–Crippen LogP) is 5.29. The average molecular weight is 797 g/mol. The Bertz CT molecular complexity index is 1600. The van der Waals surface area contributed by atoms with E-state index in [9.17, 15) is 19.1 Å². The van der Waals surface area contributed by atoms with Gasteiger partial charge in [-0.15, -0.1) is 0 Å². The zero-order valence-electron chi connectivity index (χ0n) is 24.5. The first-order chi connectivity index (χ1) is 21.6. The molecular weight excluding hydrogens is 766 g/mol. The number of rotatable bonds is 13. The molecule has 45 heavy (non-hydrogen) atoms. The zero-order valence-corrected chi connectivity index (χ0v) is 28.3. The van der Waals surface area contributed by atoms with Crippen molar-refractivity contribution in [1.82, 2.24) is 16.1 Å². The van der Waals surface area contributed by atoms with Crippen LogP contribution >= 0.6 is 38.5 Å². The standard InChI is InChI=1S/C31H31BrFIN4O7/c1-4-43-25-13-20(28-27(30(40)42-3)17(2)36-31(41)37-28)8-9-24(25)44-16-26(39)38-35-14-19-11-22(32)29(23(34)12-19)45-15-18-6-5-7-21(33)10-18/h5-14,26,28,38-39H,4,15-16H2,1-3H3,(H2,36,37,41)/b35-14-/t26-,28-/m0/s1. The van der Waals surface area contributed by atoms with Gasteiger partial charge in [0.25, 0.3) is 0 Å². The van der Waals surface area contributed by atoms with E-state index in [0.29, 0.717) is 45.2 Å². The van der Waals surface area contributed by atoms with Crippen LogP contribution in [-0.4, -0.2) is 49.9 Å². The van der Waals surface area contributed by atoms with Crippen LogP contribution < -0.4 is 30.3 Å². The molecule has 2 atom stereocenters. The maximum Gasteiger partial charge on any atom is 0.337 e. The van der Waals surface area contributed by atoms with Gasteiger partial charge in [0.1, 0.15) is 24.8 Å². The fourth-order valence-electron chi connectivity index (χ4n) is 4.39. The largest absolute Gasteiger partial charge is 0.490 e. The van der Waals surface area contributed by atoms with E-state index in [0.717, 1.165) is 9.13 Å². The lowest BCUT2D eigenvalue weighted by atomic mass is 9.95. The Morgan fingerprint density at radius 3 is 2.69 bits per heavy atom. The van der Waals surface area contributed by atoms with Gasteiger partial charge in [0.2, 0.25) is 0 Å². The molecule has 4 rings (SSSR count). The second kappa shape index (κ2) is 15.9. The number of hydrogen-bond acceptors (Lipinski definition) is 9. The van der Waals surface area contributed by atoms with Gasteiger partial charge in [0.15, 0.2) is 17.7 Å². The number of urea groups is 1. The van der Waals surface area contributed by atoms with E-state index in [1.54, 1.807) is 50.2 Å². The molecule has 0 radical (unpaired) electrons. The Morgan fingerprint density at radius 1 is 1.18 bits per heavy atom. The lowest BCUT2D eigenvalue weighted by molar-refractivity contribution is -0.136. The summed E-state index contributed by atoms with van der Waals surface area (Å²) in [6.07, 6.45) is 0.376.